The molecule has 0 atom stereocenters. The Morgan fingerprint density at radius 1 is 1.15 bits per heavy atom. The zero-order chi connectivity index (χ0) is 23.7. The van der Waals surface area contributed by atoms with Crippen LogP contribution >= 0.6 is 23.4 Å². The molecule has 0 N–H and O–H groups in total. The van der Waals surface area contributed by atoms with Crippen LogP contribution < -0.4 is 4.90 Å². The first-order chi connectivity index (χ1) is 16.5. The first kappa shape index (κ1) is 22.9. The van der Waals surface area contributed by atoms with Crippen LogP contribution in [0.4, 0.5) is 11.4 Å². The van der Waals surface area contributed by atoms with E-state index in [4.69, 9.17) is 11.6 Å². The number of carbonyl (C=O) groups excluding carboxylic acids is 1. The van der Waals surface area contributed by atoms with Crippen molar-refractivity contribution in [3.05, 3.63) is 63.2 Å². The zero-order valence-corrected chi connectivity index (χ0v) is 20.1. The molecule has 0 saturated heterocycles. The number of aryl methyl sites for hydroxylation is 1. The van der Waals surface area contributed by atoms with E-state index in [9.17, 15) is 14.9 Å². The summed E-state index contributed by atoms with van der Waals surface area (Å²) in [6.45, 7) is 0.602. The Kier molecular flexibility index (Phi) is 6.56. The largest absolute Gasteiger partial charge is 0.311 e. The molecule has 0 spiro atoms. The van der Waals surface area contributed by atoms with Gasteiger partial charge < -0.3 is 4.90 Å². The van der Waals surface area contributed by atoms with Crippen molar-refractivity contribution in [1.82, 2.24) is 14.8 Å². The fraction of sp³-hybridized carbons (Fsp3) is 0.375. The molecular formula is C24H24ClN5O3S. The molecule has 1 fully saturated rings. The average Bonchev–Trinajstić information content (AvgIpc) is 3.52. The smallest absolute Gasteiger partial charge is 0.269 e. The monoisotopic (exact) mass is 497 g/mol. The van der Waals surface area contributed by atoms with E-state index in [1.54, 1.807) is 17.0 Å². The summed E-state index contributed by atoms with van der Waals surface area (Å²) in [6, 6.07) is 12.6. The third-order valence-electron chi connectivity index (χ3n) is 6.49. The third kappa shape index (κ3) is 4.42. The summed E-state index contributed by atoms with van der Waals surface area (Å²) >= 11 is 7.85. The van der Waals surface area contributed by atoms with E-state index >= 15 is 0 Å². The summed E-state index contributed by atoms with van der Waals surface area (Å²) in [7, 11) is 0. The standard InChI is InChI=1S/C24H24ClN5O3S/c25-20-10-4-3-9-19(20)23-26-27-24(29(23)17-7-1-2-8-17)34-15-22(31)28-13-5-6-16-14-18(30(32)33)11-12-21(16)28/h3-4,9-12,14,17H,1-2,5-8,13,15H2. The number of nitro benzene ring substituents is 1. The van der Waals surface area contributed by atoms with Gasteiger partial charge in [0.25, 0.3) is 5.69 Å². The Morgan fingerprint density at radius 2 is 1.94 bits per heavy atom. The van der Waals surface area contributed by atoms with E-state index in [1.807, 2.05) is 24.3 Å². The second-order valence-corrected chi connectivity index (χ2v) is 9.95. The van der Waals surface area contributed by atoms with Gasteiger partial charge in [0.1, 0.15) is 0 Å². The highest BCUT2D eigenvalue weighted by Gasteiger charge is 2.28. The third-order valence-corrected chi connectivity index (χ3v) is 7.74. The molecule has 0 unspecified atom stereocenters. The number of anilines is 1. The van der Waals surface area contributed by atoms with Gasteiger partial charge in [-0.3, -0.25) is 19.5 Å². The van der Waals surface area contributed by atoms with E-state index in [1.165, 1.54) is 17.8 Å². The predicted molar refractivity (Wildman–Crippen MR) is 132 cm³/mol. The molecule has 8 nitrogen and oxygen atoms in total. The van der Waals surface area contributed by atoms with Crippen molar-refractivity contribution < 1.29 is 9.72 Å². The molecule has 10 heteroatoms. The molecule has 2 aromatic carbocycles. The SMILES string of the molecule is O=C(CSc1nnc(-c2ccccc2Cl)n1C1CCCC1)N1CCCc2cc([N+](=O)[O-])ccc21. The van der Waals surface area contributed by atoms with E-state index in [2.05, 4.69) is 14.8 Å². The van der Waals surface area contributed by atoms with Gasteiger partial charge in [-0.1, -0.05) is 48.3 Å². The van der Waals surface area contributed by atoms with Crippen molar-refractivity contribution >= 4 is 40.6 Å². The van der Waals surface area contributed by atoms with Crippen LogP contribution in [0.3, 0.4) is 0 Å². The number of rotatable bonds is 6. The van der Waals surface area contributed by atoms with Crippen molar-refractivity contribution in [2.24, 2.45) is 0 Å². The summed E-state index contributed by atoms with van der Waals surface area (Å²) in [5, 5.41) is 21.4. The number of amides is 1. The highest BCUT2D eigenvalue weighted by Crippen LogP contribution is 2.38. The minimum Gasteiger partial charge on any atom is -0.311 e. The molecule has 1 aliphatic carbocycles. The topological polar surface area (TPSA) is 94.2 Å². The maximum Gasteiger partial charge on any atom is 0.269 e. The first-order valence-electron chi connectivity index (χ1n) is 11.4. The van der Waals surface area contributed by atoms with Crippen molar-refractivity contribution in [1.29, 1.82) is 0 Å². The van der Waals surface area contributed by atoms with Crippen LogP contribution in [0.5, 0.6) is 0 Å². The molecule has 2 aliphatic rings. The summed E-state index contributed by atoms with van der Waals surface area (Å²) in [6.07, 6.45) is 5.92. The molecule has 34 heavy (non-hydrogen) atoms. The van der Waals surface area contributed by atoms with Gasteiger partial charge in [0.15, 0.2) is 11.0 Å². The molecule has 1 saturated carbocycles. The van der Waals surface area contributed by atoms with Gasteiger partial charge in [-0.2, -0.15) is 0 Å². The molecule has 3 aromatic rings. The first-order valence-corrected chi connectivity index (χ1v) is 12.8. The van der Waals surface area contributed by atoms with Gasteiger partial charge in [-0.15, -0.1) is 10.2 Å². The molecule has 1 aliphatic heterocycles. The molecule has 1 aromatic heterocycles. The van der Waals surface area contributed by atoms with Crippen molar-refractivity contribution in [2.45, 2.75) is 49.7 Å². The van der Waals surface area contributed by atoms with Gasteiger partial charge in [0, 0.05) is 36.0 Å². The second kappa shape index (κ2) is 9.76. The lowest BCUT2D eigenvalue weighted by molar-refractivity contribution is -0.384. The van der Waals surface area contributed by atoms with Crippen LogP contribution in [0.1, 0.15) is 43.7 Å². The Hall–Kier alpha value is -2.91. The molecular weight excluding hydrogens is 474 g/mol. The molecule has 1 amide bonds. The highest BCUT2D eigenvalue weighted by atomic mass is 35.5. The van der Waals surface area contributed by atoms with E-state index < -0.39 is 4.92 Å². The van der Waals surface area contributed by atoms with Gasteiger partial charge >= 0.3 is 0 Å². The van der Waals surface area contributed by atoms with Crippen LogP contribution in [-0.2, 0) is 11.2 Å². The molecule has 0 bridgehead atoms. The maximum absolute atomic E-state index is 13.2. The number of hydrogen-bond acceptors (Lipinski definition) is 6. The highest BCUT2D eigenvalue weighted by molar-refractivity contribution is 7.99. The minimum atomic E-state index is -0.399. The predicted octanol–water partition coefficient (Wildman–Crippen LogP) is 5.69. The molecule has 0 radical (unpaired) electrons. The van der Waals surface area contributed by atoms with Gasteiger partial charge in [-0.05, 0) is 49.4 Å². The molecule has 176 valence electrons. The van der Waals surface area contributed by atoms with Gasteiger partial charge in [0.2, 0.25) is 5.91 Å². The van der Waals surface area contributed by atoms with E-state index in [0.29, 0.717) is 11.6 Å². The summed E-state index contributed by atoms with van der Waals surface area (Å²) in [5.41, 5.74) is 2.50. The Labute approximate surface area is 206 Å². The minimum absolute atomic E-state index is 0.0416. The lowest BCUT2D eigenvalue weighted by atomic mass is 10.0. The molecule has 2 heterocycles. The maximum atomic E-state index is 13.2. The van der Waals surface area contributed by atoms with E-state index in [0.717, 1.165) is 66.3 Å². The van der Waals surface area contributed by atoms with Crippen molar-refractivity contribution in [3.63, 3.8) is 0 Å². The Morgan fingerprint density at radius 3 is 2.71 bits per heavy atom. The summed E-state index contributed by atoms with van der Waals surface area (Å²) in [5.74, 6) is 0.909. The fourth-order valence-corrected chi connectivity index (χ4v) is 5.96. The Balaban J connectivity index is 1.38. The quantitative estimate of drug-likeness (QED) is 0.246. The van der Waals surface area contributed by atoms with Crippen LogP contribution in [0.2, 0.25) is 5.02 Å². The van der Waals surface area contributed by atoms with Crippen LogP contribution in [0.15, 0.2) is 47.6 Å². The van der Waals surface area contributed by atoms with Crippen molar-refractivity contribution in [3.8, 4) is 11.4 Å². The average molecular weight is 498 g/mol. The van der Waals surface area contributed by atoms with Crippen LogP contribution in [0, 0.1) is 10.1 Å². The number of carbonyl (C=O) groups is 1. The van der Waals surface area contributed by atoms with Gasteiger partial charge in [-0.25, -0.2) is 0 Å². The number of non-ortho nitro benzene ring substituents is 1. The van der Waals surface area contributed by atoms with E-state index in [-0.39, 0.29) is 23.4 Å². The van der Waals surface area contributed by atoms with Crippen molar-refractivity contribution in [2.75, 3.05) is 17.2 Å². The number of benzene rings is 2. The van der Waals surface area contributed by atoms with Crippen LogP contribution in [0.25, 0.3) is 11.4 Å². The normalized spacial score (nSPS) is 16.0. The zero-order valence-electron chi connectivity index (χ0n) is 18.5. The number of fused-ring (bicyclic) bond motifs is 1. The van der Waals surface area contributed by atoms with Gasteiger partial charge in [0.05, 0.1) is 15.7 Å². The summed E-state index contributed by atoms with van der Waals surface area (Å²) in [4.78, 5) is 25.7. The lowest BCUT2D eigenvalue weighted by Gasteiger charge is -2.29. The number of nitro groups is 1. The fourth-order valence-electron chi connectivity index (χ4n) is 4.85. The second-order valence-electron chi connectivity index (χ2n) is 8.60. The number of thioether (sulfide) groups is 1. The Bertz CT molecular complexity index is 1240. The number of aromatic nitrogens is 3. The van der Waals surface area contributed by atoms with Crippen LogP contribution in [-0.4, -0.2) is 37.9 Å². The lowest BCUT2D eigenvalue weighted by Crippen LogP contribution is -2.36. The number of hydrogen-bond donors (Lipinski definition) is 0. The molecule has 5 rings (SSSR count). The number of halogens is 1. The number of nitrogens with zero attached hydrogens (tertiary/aromatic N) is 5. The summed E-state index contributed by atoms with van der Waals surface area (Å²) < 4.78 is 2.15.